The third kappa shape index (κ3) is 2.69. The van der Waals surface area contributed by atoms with Crippen LogP contribution in [0, 0.1) is 0 Å². The predicted molar refractivity (Wildman–Crippen MR) is 66.6 cm³/mol. The van der Waals surface area contributed by atoms with E-state index in [1.165, 1.54) is 6.07 Å². The van der Waals surface area contributed by atoms with Gasteiger partial charge in [-0.1, -0.05) is 0 Å². The maximum absolute atomic E-state index is 11.5. The highest BCUT2D eigenvalue weighted by Gasteiger charge is 2.08. The van der Waals surface area contributed by atoms with Gasteiger partial charge in [0.25, 0.3) is 0 Å². The Hall–Kier alpha value is -1.85. The van der Waals surface area contributed by atoms with E-state index < -0.39 is 0 Å². The van der Waals surface area contributed by atoms with Gasteiger partial charge in [0.05, 0.1) is 20.3 Å². The number of nitrogens with two attached hydrogens (primary N) is 1. The summed E-state index contributed by atoms with van der Waals surface area (Å²) >= 11 is 0. The Kier molecular flexibility index (Phi) is 3.96. The van der Waals surface area contributed by atoms with E-state index in [2.05, 4.69) is 0 Å². The summed E-state index contributed by atoms with van der Waals surface area (Å²) in [6, 6.07) is 6.89. The molecule has 5 nitrogen and oxygen atoms in total. The van der Waals surface area contributed by atoms with Gasteiger partial charge in [-0.05, 0) is 12.1 Å². The van der Waals surface area contributed by atoms with Gasteiger partial charge in [-0.3, -0.25) is 0 Å². The normalized spacial score (nSPS) is 10.8. The van der Waals surface area contributed by atoms with Crippen LogP contribution in [0.1, 0.15) is 5.56 Å². The Balaban J connectivity index is 2.42. The molecule has 0 aliphatic rings. The van der Waals surface area contributed by atoms with Crippen LogP contribution in [0.3, 0.4) is 0 Å². The maximum atomic E-state index is 11.5. The third-order valence-corrected chi connectivity index (χ3v) is 2.73. The molecule has 0 bridgehead atoms. The second-order valence-electron chi connectivity index (χ2n) is 3.96. The minimum atomic E-state index is -0.372. The first kappa shape index (κ1) is 12.6. The van der Waals surface area contributed by atoms with Gasteiger partial charge in [0, 0.05) is 23.1 Å². The Morgan fingerprint density at radius 2 is 2.22 bits per heavy atom. The molecule has 0 spiro atoms. The fourth-order valence-electron chi connectivity index (χ4n) is 1.85. The van der Waals surface area contributed by atoms with E-state index in [1.54, 1.807) is 13.2 Å². The third-order valence-electron chi connectivity index (χ3n) is 2.73. The van der Waals surface area contributed by atoms with Crippen LogP contribution in [0.25, 0.3) is 11.0 Å². The highest BCUT2D eigenvalue weighted by atomic mass is 16.5. The lowest BCUT2D eigenvalue weighted by atomic mass is 10.1. The van der Waals surface area contributed by atoms with E-state index >= 15 is 0 Å². The van der Waals surface area contributed by atoms with Crippen molar-refractivity contribution in [1.82, 2.24) is 0 Å². The molecule has 0 unspecified atom stereocenters. The summed E-state index contributed by atoms with van der Waals surface area (Å²) in [6.07, 6.45) is 0. The number of quaternary nitrogens is 1. The number of ether oxygens (including phenoxy) is 1. The van der Waals surface area contributed by atoms with Gasteiger partial charge < -0.3 is 19.6 Å². The molecule has 0 amide bonds. The molecule has 1 heterocycles. The molecule has 5 heteroatoms. The molecule has 0 saturated heterocycles. The van der Waals surface area contributed by atoms with Gasteiger partial charge in [-0.25, -0.2) is 4.79 Å². The van der Waals surface area contributed by atoms with Crippen molar-refractivity contribution in [2.24, 2.45) is 0 Å². The molecule has 0 fully saturated rings. The molecular weight excluding hydrogens is 234 g/mol. The van der Waals surface area contributed by atoms with Crippen molar-refractivity contribution in [3.8, 4) is 5.75 Å². The zero-order valence-electron chi connectivity index (χ0n) is 10.2. The van der Waals surface area contributed by atoms with Crippen molar-refractivity contribution in [3.05, 3.63) is 40.2 Å². The second kappa shape index (κ2) is 5.66. The summed E-state index contributed by atoms with van der Waals surface area (Å²) < 4.78 is 10.2. The van der Waals surface area contributed by atoms with Crippen LogP contribution < -0.4 is 15.7 Å². The summed E-state index contributed by atoms with van der Waals surface area (Å²) in [5.41, 5.74) is 1.05. The van der Waals surface area contributed by atoms with E-state index in [0.717, 1.165) is 10.9 Å². The Bertz CT molecular complexity index is 591. The zero-order valence-corrected chi connectivity index (χ0v) is 10.2. The fraction of sp³-hybridized carbons (Fsp3) is 0.308. The number of hydrogen-bond donors (Lipinski definition) is 2. The molecular formula is C13H16NO4+. The van der Waals surface area contributed by atoms with Gasteiger partial charge in [-0.15, -0.1) is 0 Å². The number of benzene rings is 1. The van der Waals surface area contributed by atoms with Gasteiger partial charge in [-0.2, -0.15) is 0 Å². The largest absolute Gasteiger partial charge is 0.497 e. The molecule has 0 aliphatic carbocycles. The van der Waals surface area contributed by atoms with E-state index in [-0.39, 0.29) is 12.2 Å². The van der Waals surface area contributed by atoms with Crippen LogP contribution in [0.5, 0.6) is 5.75 Å². The number of aliphatic hydroxyl groups excluding tert-OH is 1. The predicted octanol–water partition coefficient (Wildman–Crippen LogP) is -0.143. The summed E-state index contributed by atoms with van der Waals surface area (Å²) in [4.78, 5) is 11.5. The average molecular weight is 250 g/mol. The van der Waals surface area contributed by atoms with E-state index in [0.29, 0.717) is 24.4 Å². The summed E-state index contributed by atoms with van der Waals surface area (Å²) in [5.74, 6) is 0.655. The molecule has 1 aromatic heterocycles. The summed E-state index contributed by atoms with van der Waals surface area (Å²) in [6.45, 7) is 1.36. The minimum absolute atomic E-state index is 0.118. The molecule has 96 valence electrons. The van der Waals surface area contributed by atoms with E-state index in [9.17, 15) is 4.79 Å². The van der Waals surface area contributed by atoms with Gasteiger partial charge in [0.2, 0.25) is 0 Å². The van der Waals surface area contributed by atoms with E-state index in [1.807, 2.05) is 17.4 Å². The van der Waals surface area contributed by atoms with Gasteiger partial charge in [0.15, 0.2) is 0 Å². The van der Waals surface area contributed by atoms with Crippen LogP contribution in [0.4, 0.5) is 0 Å². The van der Waals surface area contributed by atoms with Crippen LogP contribution in [-0.2, 0) is 6.54 Å². The minimum Gasteiger partial charge on any atom is -0.497 e. The lowest BCUT2D eigenvalue weighted by Crippen LogP contribution is -2.83. The number of hydrogen-bond acceptors (Lipinski definition) is 4. The fourth-order valence-corrected chi connectivity index (χ4v) is 1.85. The molecule has 2 rings (SSSR count). The van der Waals surface area contributed by atoms with Crippen LogP contribution in [0.2, 0.25) is 0 Å². The first-order valence-electron chi connectivity index (χ1n) is 5.78. The molecule has 0 saturated carbocycles. The van der Waals surface area contributed by atoms with Crippen molar-refractivity contribution >= 4 is 11.0 Å². The van der Waals surface area contributed by atoms with Crippen molar-refractivity contribution < 1.29 is 19.6 Å². The molecule has 18 heavy (non-hydrogen) atoms. The van der Waals surface area contributed by atoms with Gasteiger partial charge in [0.1, 0.15) is 17.9 Å². The molecule has 0 atom stereocenters. The average Bonchev–Trinajstić information content (AvgIpc) is 2.38. The maximum Gasteiger partial charge on any atom is 0.336 e. The number of aliphatic hydroxyl groups is 1. The number of rotatable bonds is 5. The second-order valence-corrected chi connectivity index (χ2v) is 3.96. The van der Waals surface area contributed by atoms with Crippen molar-refractivity contribution in [2.45, 2.75) is 6.54 Å². The highest BCUT2D eigenvalue weighted by Crippen LogP contribution is 2.21. The van der Waals surface area contributed by atoms with Crippen molar-refractivity contribution in [1.29, 1.82) is 0 Å². The van der Waals surface area contributed by atoms with Gasteiger partial charge >= 0.3 is 5.63 Å². The quantitative estimate of drug-likeness (QED) is 0.572. The van der Waals surface area contributed by atoms with E-state index in [4.69, 9.17) is 14.3 Å². The van der Waals surface area contributed by atoms with Crippen LogP contribution in [-0.4, -0.2) is 25.4 Å². The Labute approximate surface area is 104 Å². The first-order chi connectivity index (χ1) is 8.74. The highest BCUT2D eigenvalue weighted by molar-refractivity contribution is 5.81. The zero-order chi connectivity index (χ0) is 13.0. The molecule has 2 aromatic rings. The Morgan fingerprint density at radius 1 is 1.39 bits per heavy atom. The lowest BCUT2D eigenvalue weighted by Gasteiger charge is -2.05. The number of methoxy groups -OCH3 is 1. The SMILES string of the molecule is COc1ccc2c(C[NH2+]CCO)cc(=O)oc2c1. The molecule has 1 aromatic carbocycles. The lowest BCUT2D eigenvalue weighted by molar-refractivity contribution is -0.671. The standard InChI is InChI=1S/C13H15NO4/c1-17-10-2-3-11-9(8-14-4-5-15)6-13(16)18-12(11)7-10/h2-3,6-7,14-15H,4-5,8H2,1H3/p+1. The number of fused-ring (bicyclic) bond motifs is 1. The Morgan fingerprint density at radius 3 is 2.94 bits per heavy atom. The molecule has 0 radical (unpaired) electrons. The molecule has 0 aliphatic heterocycles. The monoisotopic (exact) mass is 250 g/mol. The smallest absolute Gasteiger partial charge is 0.336 e. The summed E-state index contributed by atoms with van der Waals surface area (Å²) in [5, 5.41) is 11.6. The van der Waals surface area contributed by atoms with Crippen LogP contribution in [0.15, 0.2) is 33.5 Å². The van der Waals surface area contributed by atoms with Crippen molar-refractivity contribution in [3.63, 3.8) is 0 Å². The molecule has 3 N–H and O–H groups in total. The van der Waals surface area contributed by atoms with Crippen LogP contribution >= 0.6 is 0 Å². The topological polar surface area (TPSA) is 76.3 Å². The summed E-state index contributed by atoms with van der Waals surface area (Å²) in [7, 11) is 1.57. The first-order valence-corrected chi connectivity index (χ1v) is 5.78. The van der Waals surface area contributed by atoms with Crippen molar-refractivity contribution in [2.75, 3.05) is 20.3 Å².